The van der Waals surface area contributed by atoms with Gasteiger partial charge in [-0.3, -0.25) is 19.3 Å². The summed E-state index contributed by atoms with van der Waals surface area (Å²) < 4.78 is 5.05. The minimum Gasteiger partial charge on any atom is -0.462 e. The fourth-order valence-electron chi connectivity index (χ4n) is 7.27. The molecule has 2 bridgehead atoms. The summed E-state index contributed by atoms with van der Waals surface area (Å²) in [6, 6.07) is 16.7. The highest BCUT2D eigenvalue weighted by atomic mass is 32.2. The molecule has 37 heavy (non-hydrogen) atoms. The number of rotatable bonds is 4. The van der Waals surface area contributed by atoms with Gasteiger partial charge in [-0.25, -0.2) is 4.79 Å². The molecular formula is C28H24N2O5S2. The number of aromatic nitrogens is 1. The molecule has 0 spiro atoms. The van der Waals surface area contributed by atoms with Crippen molar-refractivity contribution in [2.75, 3.05) is 11.5 Å². The lowest BCUT2D eigenvalue weighted by Gasteiger charge is -2.43. The zero-order chi connectivity index (χ0) is 25.4. The van der Waals surface area contributed by atoms with Gasteiger partial charge >= 0.3 is 10.8 Å². The first kappa shape index (κ1) is 23.0. The number of carbonyl (C=O) groups excluding carboxylic acids is 3. The van der Waals surface area contributed by atoms with Crippen LogP contribution >= 0.6 is 23.1 Å². The van der Waals surface area contributed by atoms with Crippen LogP contribution in [0.5, 0.6) is 0 Å². The molecule has 1 aromatic heterocycles. The number of esters is 1. The normalized spacial score (nSPS) is 31.3. The van der Waals surface area contributed by atoms with Crippen LogP contribution in [0.25, 0.3) is 0 Å². The van der Waals surface area contributed by atoms with Gasteiger partial charge in [0.2, 0.25) is 11.8 Å². The number of thiazole rings is 1. The number of nitrogens with one attached hydrogen (secondary N) is 1. The molecule has 2 aliphatic heterocycles. The molecule has 3 heterocycles. The highest BCUT2D eigenvalue weighted by molar-refractivity contribution is 8.00. The first-order valence-electron chi connectivity index (χ1n) is 12.6. The highest BCUT2D eigenvalue weighted by Crippen LogP contribution is 2.68. The summed E-state index contributed by atoms with van der Waals surface area (Å²) >= 11 is 2.96. The fraction of sp³-hybridized carbons (Fsp3) is 0.357. The van der Waals surface area contributed by atoms with Gasteiger partial charge in [0.15, 0.2) is 0 Å². The van der Waals surface area contributed by atoms with Crippen molar-refractivity contribution in [2.24, 2.45) is 29.6 Å². The largest absolute Gasteiger partial charge is 0.462 e. The van der Waals surface area contributed by atoms with Gasteiger partial charge in [0.1, 0.15) is 0 Å². The van der Waals surface area contributed by atoms with Crippen molar-refractivity contribution in [2.45, 2.75) is 29.5 Å². The van der Waals surface area contributed by atoms with Gasteiger partial charge in [0.05, 0.1) is 34.7 Å². The average molecular weight is 533 g/mol. The molecule has 7 atom stereocenters. The third-order valence-electron chi connectivity index (χ3n) is 8.52. The molecule has 2 saturated carbocycles. The molecule has 1 N–H and O–H groups in total. The predicted molar refractivity (Wildman–Crippen MR) is 140 cm³/mol. The minimum absolute atomic E-state index is 0.0307. The van der Waals surface area contributed by atoms with Crippen molar-refractivity contribution in [3.05, 3.63) is 80.3 Å². The van der Waals surface area contributed by atoms with Crippen LogP contribution < -0.4 is 9.77 Å². The topological polar surface area (TPSA) is 96.5 Å². The number of H-pyrrole nitrogens is 1. The Bertz CT molecular complexity index is 1480. The lowest BCUT2D eigenvalue weighted by atomic mass is 9.68. The average Bonchev–Trinajstić information content (AvgIpc) is 3.63. The Morgan fingerprint density at radius 1 is 1.00 bits per heavy atom. The molecule has 9 heteroatoms. The van der Waals surface area contributed by atoms with E-state index in [2.05, 4.69) is 17.1 Å². The number of benzene rings is 2. The highest BCUT2D eigenvalue weighted by Gasteiger charge is 2.69. The molecule has 7 nitrogen and oxygen atoms in total. The van der Waals surface area contributed by atoms with E-state index in [1.54, 1.807) is 43.0 Å². The number of ether oxygens (including phenoxy) is 1. The Balaban J connectivity index is 1.25. The van der Waals surface area contributed by atoms with Crippen molar-refractivity contribution in [3.8, 4) is 0 Å². The first-order valence-corrected chi connectivity index (χ1v) is 14.3. The maximum absolute atomic E-state index is 13.8. The number of thioether (sulfide) groups is 1. The maximum Gasteiger partial charge on any atom is 0.338 e. The summed E-state index contributed by atoms with van der Waals surface area (Å²) in [6.07, 6.45) is 0.854. The van der Waals surface area contributed by atoms with Crippen LogP contribution in [0.3, 0.4) is 0 Å². The second kappa shape index (κ2) is 8.43. The second-order valence-corrected chi connectivity index (χ2v) is 12.4. The van der Waals surface area contributed by atoms with Gasteiger partial charge in [0, 0.05) is 16.0 Å². The smallest absolute Gasteiger partial charge is 0.338 e. The molecule has 7 rings (SSSR count). The molecule has 0 radical (unpaired) electrons. The standard InChI is InChI=1S/C28H24N2O5S2/c1-2-35-27(33)14-8-10-15(11-9-14)30-25(31)20-16-12-17(21(20)26(30)32)22-19(16)18(13-6-4-3-5-7-13)23-24(36-22)29-28(34)37-23/h3-11,16-22H,2,12H2,1H3,(H,29,34)/t16-,17-,18?,19?,20?,21?,22?/m1/s1. The van der Waals surface area contributed by atoms with E-state index in [0.29, 0.717) is 11.3 Å². The van der Waals surface area contributed by atoms with Gasteiger partial charge in [-0.2, -0.15) is 0 Å². The fourth-order valence-corrected chi connectivity index (χ4v) is 10.2. The first-order chi connectivity index (χ1) is 18.0. The third-order valence-corrected chi connectivity index (χ3v) is 11.1. The van der Waals surface area contributed by atoms with Crippen LogP contribution in [0.1, 0.15) is 40.1 Å². The van der Waals surface area contributed by atoms with Crippen molar-refractivity contribution < 1.29 is 19.1 Å². The van der Waals surface area contributed by atoms with Crippen molar-refractivity contribution in [1.29, 1.82) is 0 Å². The van der Waals surface area contributed by atoms with Gasteiger partial charge < -0.3 is 9.72 Å². The van der Waals surface area contributed by atoms with Gasteiger partial charge in [0.25, 0.3) is 0 Å². The van der Waals surface area contributed by atoms with E-state index < -0.39 is 5.97 Å². The van der Waals surface area contributed by atoms with E-state index in [4.69, 9.17) is 4.74 Å². The van der Waals surface area contributed by atoms with Crippen LogP contribution in [0.4, 0.5) is 5.69 Å². The van der Waals surface area contributed by atoms with Crippen LogP contribution in [-0.4, -0.2) is 34.6 Å². The number of hydrogen-bond donors (Lipinski definition) is 1. The predicted octanol–water partition coefficient (Wildman–Crippen LogP) is 4.29. The molecule has 2 aliphatic carbocycles. The Morgan fingerprint density at radius 2 is 1.70 bits per heavy atom. The molecule has 3 aromatic rings. The maximum atomic E-state index is 13.8. The van der Waals surface area contributed by atoms with E-state index in [-0.39, 0.29) is 64.1 Å². The van der Waals surface area contributed by atoms with Crippen LogP contribution in [0.15, 0.2) is 64.4 Å². The van der Waals surface area contributed by atoms with Gasteiger partial charge in [-0.05, 0) is 60.9 Å². The Morgan fingerprint density at radius 3 is 2.41 bits per heavy atom. The van der Waals surface area contributed by atoms with E-state index in [1.165, 1.54) is 16.2 Å². The van der Waals surface area contributed by atoms with E-state index in [9.17, 15) is 19.2 Å². The Kier molecular flexibility index (Phi) is 5.23. The number of aromatic amines is 1. The number of carbonyl (C=O) groups is 3. The summed E-state index contributed by atoms with van der Waals surface area (Å²) in [6.45, 7) is 2.02. The van der Waals surface area contributed by atoms with Gasteiger partial charge in [-0.15, -0.1) is 11.8 Å². The molecular weight excluding hydrogens is 508 g/mol. The molecule has 188 valence electrons. The molecule has 3 fully saturated rings. The number of anilines is 1. The summed E-state index contributed by atoms with van der Waals surface area (Å²) in [7, 11) is 0. The summed E-state index contributed by atoms with van der Waals surface area (Å²) in [4.78, 5) is 57.3. The van der Waals surface area contributed by atoms with E-state index in [0.717, 1.165) is 21.9 Å². The minimum atomic E-state index is -0.429. The number of nitrogens with zero attached hydrogens (tertiary/aromatic N) is 1. The zero-order valence-electron chi connectivity index (χ0n) is 20.0. The number of imide groups is 1. The van der Waals surface area contributed by atoms with Crippen molar-refractivity contribution >= 4 is 46.6 Å². The molecule has 2 aromatic carbocycles. The summed E-state index contributed by atoms with van der Waals surface area (Å²) in [5.74, 6) is -1.06. The number of fused-ring (bicyclic) bond motifs is 9. The Labute approximate surface area is 221 Å². The SMILES string of the molecule is CCOC(=O)c1ccc(N2C(=O)C3C(C2=O)[C@@H]2C[C@H]3C3Sc4[nH]c(=O)sc4C(c4ccccc4)C32)cc1. The van der Waals surface area contributed by atoms with E-state index >= 15 is 0 Å². The quantitative estimate of drug-likeness (QED) is 0.398. The number of hydrogen-bond acceptors (Lipinski definition) is 7. The third kappa shape index (κ3) is 3.26. The molecule has 5 unspecified atom stereocenters. The lowest BCUT2D eigenvalue weighted by Crippen LogP contribution is -2.42. The van der Waals surface area contributed by atoms with Crippen molar-refractivity contribution in [3.63, 3.8) is 0 Å². The van der Waals surface area contributed by atoms with Crippen LogP contribution in [0, 0.1) is 29.6 Å². The van der Waals surface area contributed by atoms with Crippen LogP contribution in [-0.2, 0) is 14.3 Å². The summed E-state index contributed by atoms with van der Waals surface area (Å²) in [5.41, 5.74) is 2.04. The van der Waals surface area contributed by atoms with Crippen molar-refractivity contribution in [1.82, 2.24) is 4.98 Å². The van der Waals surface area contributed by atoms with E-state index in [1.807, 2.05) is 18.2 Å². The number of amides is 2. The van der Waals surface area contributed by atoms with Crippen LogP contribution in [0.2, 0.25) is 0 Å². The lowest BCUT2D eigenvalue weighted by molar-refractivity contribution is -0.123. The molecule has 4 aliphatic rings. The second-order valence-electron chi connectivity index (χ2n) is 10.2. The Hall–Kier alpha value is -3.17. The summed E-state index contributed by atoms with van der Waals surface area (Å²) in [5, 5.41) is 1.08. The monoisotopic (exact) mass is 532 g/mol. The zero-order valence-corrected chi connectivity index (χ0v) is 21.6. The molecule has 1 saturated heterocycles. The van der Waals surface area contributed by atoms with Gasteiger partial charge in [-0.1, -0.05) is 41.7 Å². The molecule has 2 amide bonds.